The highest BCUT2D eigenvalue weighted by atomic mass is 32.1. The summed E-state index contributed by atoms with van der Waals surface area (Å²) in [5.41, 5.74) is 2.71. The van der Waals surface area contributed by atoms with E-state index in [4.69, 9.17) is 4.74 Å². The van der Waals surface area contributed by atoms with E-state index in [2.05, 4.69) is 9.88 Å². The van der Waals surface area contributed by atoms with Gasteiger partial charge in [-0.25, -0.2) is 9.37 Å². The summed E-state index contributed by atoms with van der Waals surface area (Å²) in [7, 11) is 1.46. The van der Waals surface area contributed by atoms with Gasteiger partial charge < -0.3 is 9.64 Å². The Morgan fingerprint density at radius 3 is 2.53 bits per heavy atom. The molecule has 0 saturated carbocycles. The summed E-state index contributed by atoms with van der Waals surface area (Å²) >= 11 is 1.45. The molecule has 0 unspecified atom stereocenters. The summed E-state index contributed by atoms with van der Waals surface area (Å²) in [6.45, 7) is 5.35. The van der Waals surface area contributed by atoms with Crippen molar-refractivity contribution in [1.82, 2.24) is 14.8 Å². The fraction of sp³-hybridized carbons (Fsp3) is 0.304. The molecular weight excluding hydrogens is 401 g/mol. The molecule has 1 saturated heterocycles. The maximum absolute atomic E-state index is 13.9. The number of halogens is 1. The van der Waals surface area contributed by atoms with E-state index in [-0.39, 0.29) is 17.5 Å². The molecule has 1 fully saturated rings. The molecule has 1 aliphatic rings. The molecule has 0 spiro atoms. The average molecular weight is 426 g/mol. The molecule has 1 aromatic heterocycles. The quantitative estimate of drug-likeness (QED) is 0.614. The van der Waals surface area contributed by atoms with Crippen LogP contribution in [-0.4, -0.2) is 54.0 Å². The van der Waals surface area contributed by atoms with Crippen LogP contribution in [0.5, 0.6) is 5.75 Å². The number of rotatable bonds is 5. The van der Waals surface area contributed by atoms with Crippen LogP contribution in [0.15, 0.2) is 48.5 Å². The van der Waals surface area contributed by atoms with Gasteiger partial charge in [0.15, 0.2) is 11.6 Å². The Hall–Kier alpha value is -2.77. The molecule has 156 valence electrons. The normalized spacial score (nSPS) is 14.7. The number of nitrogens with zero attached hydrogens (tertiary/aromatic N) is 3. The van der Waals surface area contributed by atoms with Crippen LogP contribution in [0.1, 0.15) is 20.9 Å². The van der Waals surface area contributed by atoms with Gasteiger partial charge in [0.2, 0.25) is 0 Å². The Labute approximate surface area is 179 Å². The zero-order chi connectivity index (χ0) is 21.1. The first-order valence-corrected chi connectivity index (χ1v) is 10.7. The summed E-state index contributed by atoms with van der Waals surface area (Å²) in [5.74, 6) is -0.0509. The minimum Gasteiger partial charge on any atom is -0.494 e. The lowest BCUT2D eigenvalue weighted by atomic mass is 10.1. The fourth-order valence-corrected chi connectivity index (χ4v) is 4.66. The van der Waals surface area contributed by atoms with Gasteiger partial charge in [0, 0.05) is 38.3 Å². The molecule has 0 bridgehead atoms. The number of hydrogen-bond donors (Lipinski definition) is 0. The van der Waals surface area contributed by atoms with E-state index in [1.165, 1.54) is 24.5 Å². The summed E-state index contributed by atoms with van der Waals surface area (Å²) < 4.78 is 18.9. The summed E-state index contributed by atoms with van der Waals surface area (Å²) in [6, 6.07) is 15.0. The zero-order valence-corrected chi connectivity index (χ0v) is 17.9. The van der Waals surface area contributed by atoms with Crippen LogP contribution in [0.25, 0.3) is 10.6 Å². The first-order valence-electron chi connectivity index (χ1n) is 9.92. The third-order valence-electron chi connectivity index (χ3n) is 5.29. The number of carbonyl (C=O) groups excluding carboxylic acids is 1. The number of thiazole rings is 1. The van der Waals surface area contributed by atoms with Crippen LogP contribution in [0, 0.1) is 12.7 Å². The molecule has 5 nitrogen and oxygen atoms in total. The van der Waals surface area contributed by atoms with Gasteiger partial charge in [0.05, 0.1) is 12.8 Å². The van der Waals surface area contributed by atoms with Gasteiger partial charge in [-0.15, -0.1) is 11.3 Å². The Morgan fingerprint density at radius 2 is 1.87 bits per heavy atom. The molecule has 1 aliphatic heterocycles. The van der Waals surface area contributed by atoms with Crippen LogP contribution >= 0.6 is 11.3 Å². The van der Waals surface area contributed by atoms with Crippen molar-refractivity contribution in [2.24, 2.45) is 0 Å². The highest BCUT2D eigenvalue weighted by Gasteiger charge is 2.25. The second-order valence-corrected chi connectivity index (χ2v) is 8.34. The standard InChI is InChI=1S/C23H24FN3O2S/c1-16-21(30-22(25-16)18-6-4-3-5-7-18)23(28)27-12-10-26(11-13-27)15-17-8-9-20(29-2)19(24)14-17/h3-9,14H,10-13,15H2,1-2H3. The van der Waals surface area contributed by atoms with Crippen LogP contribution in [0.3, 0.4) is 0 Å². The second-order valence-electron chi connectivity index (χ2n) is 7.34. The predicted octanol–water partition coefficient (Wildman–Crippen LogP) is 4.22. The molecule has 0 N–H and O–H groups in total. The molecule has 0 radical (unpaired) electrons. The van der Waals surface area contributed by atoms with Gasteiger partial charge in [-0.2, -0.15) is 0 Å². The van der Waals surface area contributed by atoms with Crippen molar-refractivity contribution in [3.8, 4) is 16.3 Å². The molecule has 0 atom stereocenters. The van der Waals surface area contributed by atoms with Crippen molar-refractivity contribution < 1.29 is 13.9 Å². The molecule has 1 amide bonds. The molecule has 30 heavy (non-hydrogen) atoms. The summed E-state index contributed by atoms with van der Waals surface area (Å²) in [4.78, 5) is 22.5. The lowest BCUT2D eigenvalue weighted by Gasteiger charge is -2.34. The predicted molar refractivity (Wildman–Crippen MR) is 116 cm³/mol. The van der Waals surface area contributed by atoms with Gasteiger partial charge >= 0.3 is 0 Å². The minimum atomic E-state index is -0.348. The average Bonchev–Trinajstić information content (AvgIpc) is 3.16. The Kier molecular flexibility index (Phi) is 6.11. The molecular formula is C23H24FN3O2S. The second kappa shape index (κ2) is 8.93. The molecule has 4 rings (SSSR count). The van der Waals surface area contributed by atoms with E-state index < -0.39 is 0 Å². The van der Waals surface area contributed by atoms with Crippen molar-refractivity contribution in [1.29, 1.82) is 0 Å². The van der Waals surface area contributed by atoms with Crippen LogP contribution in [0.4, 0.5) is 4.39 Å². The highest BCUT2D eigenvalue weighted by molar-refractivity contribution is 7.17. The zero-order valence-electron chi connectivity index (χ0n) is 17.1. The first kappa shape index (κ1) is 20.5. The fourth-order valence-electron chi connectivity index (χ4n) is 3.62. The maximum atomic E-state index is 13.9. The van der Waals surface area contributed by atoms with E-state index in [0.717, 1.165) is 34.9 Å². The van der Waals surface area contributed by atoms with Crippen molar-refractivity contribution in [2.75, 3.05) is 33.3 Å². The molecule has 2 heterocycles. The molecule has 3 aromatic rings. The van der Waals surface area contributed by atoms with Crippen molar-refractivity contribution >= 4 is 17.2 Å². The third kappa shape index (κ3) is 4.37. The van der Waals surface area contributed by atoms with Crippen molar-refractivity contribution in [3.63, 3.8) is 0 Å². The van der Waals surface area contributed by atoms with Gasteiger partial charge in [0.1, 0.15) is 9.88 Å². The van der Waals surface area contributed by atoms with E-state index in [1.807, 2.05) is 48.2 Å². The largest absolute Gasteiger partial charge is 0.494 e. The number of hydrogen-bond acceptors (Lipinski definition) is 5. The molecule has 7 heteroatoms. The Balaban J connectivity index is 1.38. The number of carbonyl (C=O) groups is 1. The number of piperazine rings is 1. The summed E-state index contributed by atoms with van der Waals surface area (Å²) in [6.07, 6.45) is 0. The third-order valence-corrected chi connectivity index (χ3v) is 6.49. The SMILES string of the molecule is COc1ccc(CN2CCN(C(=O)c3sc(-c4ccccc4)nc3C)CC2)cc1F. The van der Waals surface area contributed by atoms with E-state index in [0.29, 0.717) is 24.5 Å². The Morgan fingerprint density at radius 1 is 1.13 bits per heavy atom. The molecule has 0 aliphatic carbocycles. The van der Waals surface area contributed by atoms with Crippen molar-refractivity contribution in [3.05, 3.63) is 70.5 Å². The van der Waals surface area contributed by atoms with Crippen LogP contribution in [0.2, 0.25) is 0 Å². The summed E-state index contributed by atoms with van der Waals surface area (Å²) in [5, 5.41) is 0.872. The lowest BCUT2D eigenvalue weighted by Crippen LogP contribution is -2.48. The highest BCUT2D eigenvalue weighted by Crippen LogP contribution is 2.29. The smallest absolute Gasteiger partial charge is 0.265 e. The van der Waals surface area contributed by atoms with Crippen molar-refractivity contribution in [2.45, 2.75) is 13.5 Å². The Bertz CT molecular complexity index is 1030. The number of aryl methyl sites for hydroxylation is 1. The minimum absolute atomic E-state index is 0.0438. The number of ether oxygens (including phenoxy) is 1. The van der Waals surface area contributed by atoms with E-state index in [9.17, 15) is 9.18 Å². The van der Waals surface area contributed by atoms with E-state index >= 15 is 0 Å². The number of benzene rings is 2. The first-order chi connectivity index (χ1) is 14.5. The van der Waals surface area contributed by atoms with Gasteiger partial charge in [0.25, 0.3) is 5.91 Å². The van der Waals surface area contributed by atoms with Gasteiger partial charge in [-0.1, -0.05) is 36.4 Å². The monoisotopic (exact) mass is 425 g/mol. The number of aromatic nitrogens is 1. The van der Waals surface area contributed by atoms with E-state index in [1.54, 1.807) is 6.07 Å². The molecule has 2 aromatic carbocycles. The topological polar surface area (TPSA) is 45.7 Å². The van der Waals surface area contributed by atoms with Crippen LogP contribution < -0.4 is 4.74 Å². The van der Waals surface area contributed by atoms with Gasteiger partial charge in [-0.05, 0) is 24.6 Å². The lowest BCUT2D eigenvalue weighted by molar-refractivity contribution is 0.0632. The number of methoxy groups -OCH3 is 1. The number of amides is 1. The van der Waals surface area contributed by atoms with Crippen LogP contribution in [-0.2, 0) is 6.54 Å². The maximum Gasteiger partial charge on any atom is 0.265 e. The van der Waals surface area contributed by atoms with Gasteiger partial charge in [-0.3, -0.25) is 9.69 Å².